The number of aliphatic carboxylic acids is 1. The molecule has 1 aliphatic rings. The average molecular weight is 490 g/mol. The van der Waals surface area contributed by atoms with Crippen molar-refractivity contribution in [3.8, 4) is 0 Å². The van der Waals surface area contributed by atoms with Crippen LogP contribution >= 0.6 is 0 Å². The molecule has 5 nitrogen and oxygen atoms in total. The number of rotatable bonds is 12. The van der Waals surface area contributed by atoms with Gasteiger partial charge in [0, 0.05) is 18.5 Å². The van der Waals surface area contributed by atoms with Crippen LogP contribution in [0.25, 0.3) is 5.57 Å². The van der Waals surface area contributed by atoms with Crippen LogP contribution in [0.2, 0.25) is 0 Å². The van der Waals surface area contributed by atoms with E-state index in [2.05, 4.69) is 69.4 Å². The van der Waals surface area contributed by atoms with Crippen molar-refractivity contribution in [2.24, 2.45) is 11.8 Å². The third kappa shape index (κ3) is 7.84. The molecule has 1 amide bonds. The SMILES string of the molecule is CCCC(OC1=CC=C(c2ccc(CC(C)C)cc2)C(C)C1)c1ccc(C(=O)NCCC(=O)O)cc1. The molecule has 3 rings (SSSR count). The zero-order valence-corrected chi connectivity index (χ0v) is 21.9. The van der Waals surface area contributed by atoms with Crippen LogP contribution in [0.5, 0.6) is 0 Å². The first-order valence-electron chi connectivity index (χ1n) is 13.0. The molecule has 2 atom stereocenters. The number of carbonyl (C=O) groups excluding carboxylic acids is 1. The highest BCUT2D eigenvalue weighted by Crippen LogP contribution is 2.36. The van der Waals surface area contributed by atoms with Gasteiger partial charge in [-0.2, -0.15) is 0 Å². The fourth-order valence-electron chi connectivity index (χ4n) is 4.57. The second kappa shape index (κ2) is 13.1. The summed E-state index contributed by atoms with van der Waals surface area (Å²) in [6, 6.07) is 16.4. The number of carboxylic acid groups (broad SMARTS) is 1. The minimum atomic E-state index is -0.932. The van der Waals surface area contributed by atoms with Gasteiger partial charge in [0.05, 0.1) is 12.2 Å². The van der Waals surface area contributed by atoms with E-state index in [0.29, 0.717) is 17.4 Å². The van der Waals surface area contributed by atoms with Crippen molar-refractivity contribution in [3.05, 3.63) is 88.7 Å². The maximum atomic E-state index is 12.2. The van der Waals surface area contributed by atoms with Crippen LogP contribution < -0.4 is 5.32 Å². The van der Waals surface area contributed by atoms with Crippen LogP contribution in [0, 0.1) is 11.8 Å². The number of hydrogen-bond acceptors (Lipinski definition) is 3. The smallest absolute Gasteiger partial charge is 0.305 e. The maximum Gasteiger partial charge on any atom is 0.305 e. The second-order valence-corrected chi connectivity index (χ2v) is 10.1. The van der Waals surface area contributed by atoms with E-state index >= 15 is 0 Å². The quantitative estimate of drug-likeness (QED) is 0.338. The molecule has 0 aromatic heterocycles. The van der Waals surface area contributed by atoms with Crippen LogP contribution in [0.15, 0.2) is 66.4 Å². The highest BCUT2D eigenvalue weighted by atomic mass is 16.5. The van der Waals surface area contributed by atoms with Gasteiger partial charge in [-0.25, -0.2) is 0 Å². The third-order valence-electron chi connectivity index (χ3n) is 6.43. The first-order valence-corrected chi connectivity index (χ1v) is 13.0. The summed E-state index contributed by atoms with van der Waals surface area (Å²) in [5.74, 6) is 0.795. The predicted octanol–water partition coefficient (Wildman–Crippen LogP) is 6.95. The van der Waals surface area contributed by atoms with Gasteiger partial charge in [-0.15, -0.1) is 0 Å². The molecule has 2 aromatic carbocycles. The van der Waals surface area contributed by atoms with E-state index in [1.54, 1.807) is 12.1 Å². The fourth-order valence-corrected chi connectivity index (χ4v) is 4.57. The van der Waals surface area contributed by atoms with E-state index in [1.807, 2.05) is 12.1 Å². The van der Waals surface area contributed by atoms with Crippen molar-refractivity contribution in [1.29, 1.82) is 0 Å². The number of allylic oxidation sites excluding steroid dienone is 4. The fraction of sp³-hybridized carbons (Fsp3) is 0.419. The molecule has 5 heteroatoms. The number of ether oxygens (including phenoxy) is 1. The molecule has 0 saturated carbocycles. The lowest BCUT2D eigenvalue weighted by Crippen LogP contribution is -2.25. The molecule has 2 aromatic rings. The van der Waals surface area contributed by atoms with E-state index in [1.165, 1.54) is 16.7 Å². The van der Waals surface area contributed by atoms with Gasteiger partial charge in [0.15, 0.2) is 0 Å². The van der Waals surface area contributed by atoms with Gasteiger partial charge in [-0.3, -0.25) is 9.59 Å². The van der Waals surface area contributed by atoms with E-state index in [0.717, 1.165) is 37.0 Å². The molecule has 0 saturated heterocycles. The molecule has 2 unspecified atom stereocenters. The molecule has 0 bridgehead atoms. The normalized spacial score (nSPS) is 16.2. The number of amides is 1. The van der Waals surface area contributed by atoms with E-state index in [9.17, 15) is 9.59 Å². The van der Waals surface area contributed by atoms with Crippen molar-refractivity contribution in [1.82, 2.24) is 5.32 Å². The zero-order chi connectivity index (χ0) is 26.1. The van der Waals surface area contributed by atoms with Gasteiger partial charge in [0.1, 0.15) is 6.10 Å². The summed E-state index contributed by atoms with van der Waals surface area (Å²) in [6.07, 6.45) is 7.93. The van der Waals surface area contributed by atoms with Gasteiger partial charge < -0.3 is 15.2 Å². The van der Waals surface area contributed by atoms with Crippen molar-refractivity contribution < 1.29 is 19.4 Å². The molecule has 0 radical (unpaired) electrons. The molecule has 0 fully saturated rings. The Hall–Kier alpha value is -3.34. The van der Waals surface area contributed by atoms with Gasteiger partial charge in [0.25, 0.3) is 5.91 Å². The highest BCUT2D eigenvalue weighted by Gasteiger charge is 2.21. The standard InChI is InChI=1S/C31H39NO4/c1-5-6-29(25-11-13-26(14-12-25)31(35)32-18-17-30(33)34)36-27-15-16-28(22(4)20-27)24-9-7-23(8-10-24)19-21(2)3/h7-16,21-22,29H,5-6,17-20H2,1-4H3,(H,32,35)(H,33,34). The first kappa shape index (κ1) is 27.3. The minimum Gasteiger partial charge on any atom is -0.490 e. The Morgan fingerprint density at radius 1 is 1.06 bits per heavy atom. The van der Waals surface area contributed by atoms with E-state index < -0.39 is 5.97 Å². The molecule has 1 aliphatic carbocycles. The van der Waals surface area contributed by atoms with Crippen molar-refractivity contribution in [2.75, 3.05) is 6.54 Å². The van der Waals surface area contributed by atoms with Crippen LogP contribution in [-0.4, -0.2) is 23.5 Å². The summed E-state index contributed by atoms with van der Waals surface area (Å²) in [7, 11) is 0. The van der Waals surface area contributed by atoms with E-state index in [4.69, 9.17) is 9.84 Å². The van der Waals surface area contributed by atoms with Crippen molar-refractivity contribution in [2.45, 2.75) is 65.9 Å². The third-order valence-corrected chi connectivity index (χ3v) is 6.43. The predicted molar refractivity (Wildman–Crippen MR) is 145 cm³/mol. The number of benzene rings is 2. The van der Waals surface area contributed by atoms with Crippen molar-refractivity contribution >= 4 is 17.4 Å². The Morgan fingerprint density at radius 2 is 1.75 bits per heavy atom. The van der Waals surface area contributed by atoms with Gasteiger partial charge in [-0.1, -0.05) is 76.6 Å². The number of nitrogens with one attached hydrogen (secondary N) is 1. The average Bonchev–Trinajstić information content (AvgIpc) is 2.84. The lowest BCUT2D eigenvalue weighted by atomic mass is 9.86. The molecule has 36 heavy (non-hydrogen) atoms. The largest absolute Gasteiger partial charge is 0.490 e. The topological polar surface area (TPSA) is 75.6 Å². The minimum absolute atomic E-state index is 0.0807. The van der Waals surface area contributed by atoms with Crippen LogP contribution in [0.4, 0.5) is 0 Å². The summed E-state index contributed by atoms with van der Waals surface area (Å²) in [5.41, 5.74) is 5.53. The Morgan fingerprint density at radius 3 is 2.33 bits per heavy atom. The molecular formula is C31H39NO4. The Balaban J connectivity index is 1.67. The molecule has 0 spiro atoms. The zero-order valence-electron chi connectivity index (χ0n) is 21.9. The van der Waals surface area contributed by atoms with Gasteiger partial charge in [-0.05, 0) is 65.1 Å². The van der Waals surface area contributed by atoms with Gasteiger partial charge >= 0.3 is 5.97 Å². The van der Waals surface area contributed by atoms with Crippen molar-refractivity contribution in [3.63, 3.8) is 0 Å². The lowest BCUT2D eigenvalue weighted by molar-refractivity contribution is -0.136. The molecule has 192 valence electrons. The number of hydrogen-bond donors (Lipinski definition) is 2. The summed E-state index contributed by atoms with van der Waals surface area (Å²) < 4.78 is 6.48. The molecule has 0 aliphatic heterocycles. The Bertz CT molecular complexity index is 1080. The summed E-state index contributed by atoms with van der Waals surface area (Å²) >= 11 is 0. The van der Waals surface area contributed by atoms with Gasteiger partial charge in [0.2, 0.25) is 0 Å². The lowest BCUT2D eigenvalue weighted by Gasteiger charge is -2.27. The monoisotopic (exact) mass is 489 g/mol. The van der Waals surface area contributed by atoms with Crippen LogP contribution in [-0.2, 0) is 16.0 Å². The van der Waals surface area contributed by atoms with Crippen LogP contribution in [0.3, 0.4) is 0 Å². The Kier molecular flexibility index (Phi) is 9.92. The summed E-state index contributed by atoms with van der Waals surface area (Å²) in [4.78, 5) is 22.9. The summed E-state index contributed by atoms with van der Waals surface area (Å²) in [6.45, 7) is 8.99. The second-order valence-electron chi connectivity index (χ2n) is 10.1. The molecule has 2 N–H and O–H groups in total. The highest BCUT2D eigenvalue weighted by molar-refractivity contribution is 5.94. The number of carboxylic acids is 1. The summed E-state index contributed by atoms with van der Waals surface area (Å²) in [5, 5.41) is 11.4. The first-order chi connectivity index (χ1) is 17.3. The molecular weight excluding hydrogens is 450 g/mol. The number of carbonyl (C=O) groups is 2. The van der Waals surface area contributed by atoms with Crippen LogP contribution in [0.1, 0.15) is 86.5 Å². The maximum absolute atomic E-state index is 12.2. The Labute approximate surface area is 215 Å². The van der Waals surface area contributed by atoms with E-state index in [-0.39, 0.29) is 25.0 Å². The molecule has 0 heterocycles.